The van der Waals surface area contributed by atoms with Crippen LogP contribution in [0.25, 0.3) is 0 Å². The molecule has 0 aromatic carbocycles. The smallest absolute Gasteiger partial charge is 0.236 e. The molecule has 0 bridgehead atoms. The number of carbonyl (C=O) groups excluding carboxylic acids is 1. The van der Waals surface area contributed by atoms with E-state index in [1.807, 2.05) is 20.9 Å². The van der Waals surface area contributed by atoms with Gasteiger partial charge in [0.25, 0.3) is 0 Å². The summed E-state index contributed by atoms with van der Waals surface area (Å²) in [5.74, 6) is 0.152. The summed E-state index contributed by atoms with van der Waals surface area (Å²) >= 11 is 0. The van der Waals surface area contributed by atoms with E-state index >= 15 is 0 Å². The van der Waals surface area contributed by atoms with Crippen molar-refractivity contribution in [1.82, 2.24) is 9.80 Å². The van der Waals surface area contributed by atoms with E-state index in [-0.39, 0.29) is 11.9 Å². The van der Waals surface area contributed by atoms with E-state index in [1.54, 1.807) is 4.90 Å². The minimum absolute atomic E-state index is 0.152. The molecule has 0 aliphatic carbocycles. The molecule has 5 heteroatoms. The van der Waals surface area contributed by atoms with Gasteiger partial charge in [0.05, 0.1) is 12.3 Å². The average Bonchev–Trinajstić information content (AvgIpc) is 2.28. The molecule has 1 rings (SSSR count). The third kappa shape index (κ3) is 3.48. The predicted octanol–water partition coefficient (Wildman–Crippen LogP) is 0.779. The van der Waals surface area contributed by atoms with Crippen molar-refractivity contribution in [3.05, 3.63) is 0 Å². The highest BCUT2D eigenvalue weighted by atomic mass is 16.4. The summed E-state index contributed by atoms with van der Waals surface area (Å²) in [6, 6.07) is 0.242. The lowest BCUT2D eigenvalue weighted by atomic mass is 10.1. The predicted molar refractivity (Wildman–Crippen MR) is 62.8 cm³/mol. The Bertz CT molecular complexity index is 266. The first-order valence-corrected chi connectivity index (χ1v) is 5.72. The van der Waals surface area contributed by atoms with Crippen LogP contribution in [0.5, 0.6) is 0 Å². The lowest BCUT2D eigenvalue weighted by Gasteiger charge is -2.29. The van der Waals surface area contributed by atoms with Gasteiger partial charge in [-0.1, -0.05) is 5.16 Å². The number of hydrogen-bond acceptors (Lipinski definition) is 4. The molecular formula is C11H21N3O2. The van der Waals surface area contributed by atoms with Crippen molar-refractivity contribution in [2.75, 3.05) is 26.7 Å². The Labute approximate surface area is 96.7 Å². The lowest BCUT2D eigenvalue weighted by molar-refractivity contribution is -0.132. The zero-order chi connectivity index (χ0) is 12.1. The summed E-state index contributed by atoms with van der Waals surface area (Å²) in [4.78, 5) is 15.7. The van der Waals surface area contributed by atoms with Crippen LogP contribution < -0.4 is 0 Å². The van der Waals surface area contributed by atoms with Gasteiger partial charge in [-0.25, -0.2) is 0 Å². The van der Waals surface area contributed by atoms with Crippen LogP contribution in [0.1, 0.15) is 26.7 Å². The number of hydrogen-bond donors (Lipinski definition) is 1. The van der Waals surface area contributed by atoms with Gasteiger partial charge in [-0.3, -0.25) is 9.69 Å². The molecule has 5 nitrogen and oxygen atoms in total. The van der Waals surface area contributed by atoms with E-state index in [4.69, 9.17) is 5.21 Å². The van der Waals surface area contributed by atoms with Gasteiger partial charge in [0.2, 0.25) is 5.91 Å². The van der Waals surface area contributed by atoms with Crippen molar-refractivity contribution in [2.24, 2.45) is 5.16 Å². The maximum absolute atomic E-state index is 11.8. The molecule has 0 unspecified atom stereocenters. The number of rotatable bonds is 3. The summed E-state index contributed by atoms with van der Waals surface area (Å²) in [6.45, 7) is 6.08. The molecule has 1 aliphatic heterocycles. The molecule has 1 heterocycles. The van der Waals surface area contributed by atoms with Crippen molar-refractivity contribution >= 4 is 11.6 Å². The molecule has 1 N–H and O–H groups in total. The molecule has 1 amide bonds. The molecule has 1 aliphatic rings. The summed E-state index contributed by atoms with van der Waals surface area (Å²) in [5.41, 5.74) is 0.834. The molecule has 0 aromatic rings. The number of nitrogens with zero attached hydrogens (tertiary/aromatic N) is 3. The Morgan fingerprint density at radius 3 is 2.50 bits per heavy atom. The van der Waals surface area contributed by atoms with Crippen LogP contribution in [0.4, 0.5) is 0 Å². The maximum atomic E-state index is 11.8. The molecule has 0 atom stereocenters. The SMILES string of the molecule is CC(C)N(C)C(=O)CN1CCC(=NO)CC1. The fraction of sp³-hybridized carbons (Fsp3) is 0.818. The van der Waals surface area contributed by atoms with Crippen LogP contribution in [-0.4, -0.2) is 59.3 Å². The van der Waals surface area contributed by atoms with E-state index in [2.05, 4.69) is 10.1 Å². The number of oxime groups is 1. The van der Waals surface area contributed by atoms with Gasteiger partial charge in [-0.15, -0.1) is 0 Å². The minimum Gasteiger partial charge on any atom is -0.411 e. The Kier molecular flexibility index (Phi) is 4.73. The molecule has 92 valence electrons. The zero-order valence-electron chi connectivity index (χ0n) is 10.3. The van der Waals surface area contributed by atoms with Gasteiger partial charge in [0.15, 0.2) is 0 Å². The molecule has 1 fully saturated rings. The van der Waals surface area contributed by atoms with E-state index in [0.717, 1.165) is 31.6 Å². The van der Waals surface area contributed by atoms with Crippen LogP contribution in [0.15, 0.2) is 5.16 Å². The standard InChI is InChI=1S/C11H21N3O2/c1-9(2)13(3)11(15)8-14-6-4-10(12-16)5-7-14/h9,16H,4-8H2,1-3H3. The number of likely N-dealkylation sites (N-methyl/N-ethyl adjacent to an activating group) is 1. The Balaban J connectivity index is 2.36. The summed E-state index contributed by atoms with van der Waals surface area (Å²) in [7, 11) is 1.83. The van der Waals surface area contributed by atoms with E-state index in [0.29, 0.717) is 6.54 Å². The largest absolute Gasteiger partial charge is 0.411 e. The van der Waals surface area contributed by atoms with Crippen molar-refractivity contribution in [1.29, 1.82) is 0 Å². The third-order valence-corrected chi connectivity index (χ3v) is 3.10. The van der Waals surface area contributed by atoms with Gasteiger partial charge in [0.1, 0.15) is 0 Å². The van der Waals surface area contributed by atoms with E-state index in [9.17, 15) is 4.79 Å². The number of carbonyl (C=O) groups is 1. The molecule has 1 saturated heterocycles. The fourth-order valence-corrected chi connectivity index (χ4v) is 1.66. The van der Waals surface area contributed by atoms with Crippen molar-refractivity contribution in [2.45, 2.75) is 32.7 Å². The Morgan fingerprint density at radius 2 is 2.06 bits per heavy atom. The van der Waals surface area contributed by atoms with Crippen LogP contribution in [0.2, 0.25) is 0 Å². The highest BCUT2D eigenvalue weighted by Crippen LogP contribution is 2.07. The van der Waals surface area contributed by atoms with Crippen molar-refractivity contribution in [3.63, 3.8) is 0 Å². The first-order valence-electron chi connectivity index (χ1n) is 5.72. The number of likely N-dealkylation sites (tertiary alicyclic amines) is 1. The topological polar surface area (TPSA) is 56.1 Å². The van der Waals surface area contributed by atoms with Crippen molar-refractivity contribution in [3.8, 4) is 0 Å². The van der Waals surface area contributed by atoms with E-state index < -0.39 is 0 Å². The molecule has 0 saturated carbocycles. The highest BCUT2D eigenvalue weighted by molar-refractivity contribution is 5.85. The van der Waals surface area contributed by atoms with Gasteiger partial charge in [-0.2, -0.15) is 0 Å². The van der Waals surface area contributed by atoms with Crippen molar-refractivity contribution < 1.29 is 10.0 Å². The highest BCUT2D eigenvalue weighted by Gasteiger charge is 2.20. The quantitative estimate of drug-likeness (QED) is 0.572. The monoisotopic (exact) mass is 227 g/mol. The van der Waals surface area contributed by atoms with Gasteiger partial charge in [0, 0.05) is 39.0 Å². The maximum Gasteiger partial charge on any atom is 0.236 e. The van der Waals surface area contributed by atoms with Gasteiger partial charge >= 0.3 is 0 Å². The van der Waals surface area contributed by atoms with Crippen LogP contribution in [0, 0.1) is 0 Å². The average molecular weight is 227 g/mol. The van der Waals surface area contributed by atoms with E-state index in [1.165, 1.54) is 0 Å². The van der Waals surface area contributed by atoms with Crippen LogP contribution in [-0.2, 0) is 4.79 Å². The van der Waals surface area contributed by atoms with Crippen LogP contribution in [0.3, 0.4) is 0 Å². The van der Waals surface area contributed by atoms with Gasteiger partial charge in [-0.05, 0) is 13.8 Å². The summed E-state index contributed by atoms with van der Waals surface area (Å²) < 4.78 is 0. The third-order valence-electron chi connectivity index (χ3n) is 3.10. The number of piperidine rings is 1. The normalized spacial score (nSPS) is 17.6. The Morgan fingerprint density at radius 1 is 1.50 bits per heavy atom. The van der Waals surface area contributed by atoms with Crippen LogP contribution >= 0.6 is 0 Å². The second-order valence-electron chi connectivity index (χ2n) is 4.54. The molecule has 0 spiro atoms. The first kappa shape index (κ1) is 13.0. The molecule has 16 heavy (non-hydrogen) atoms. The second-order valence-corrected chi connectivity index (χ2v) is 4.54. The minimum atomic E-state index is 0.152. The second kappa shape index (κ2) is 5.84. The summed E-state index contributed by atoms with van der Waals surface area (Å²) in [5, 5.41) is 11.8. The first-order chi connectivity index (χ1) is 7.54. The molecule has 0 radical (unpaired) electrons. The molecule has 0 aromatic heterocycles. The summed E-state index contributed by atoms with van der Waals surface area (Å²) in [6.07, 6.45) is 1.52. The zero-order valence-corrected chi connectivity index (χ0v) is 10.3. The Hall–Kier alpha value is -1.10. The molecular weight excluding hydrogens is 206 g/mol. The van der Waals surface area contributed by atoms with Gasteiger partial charge < -0.3 is 10.1 Å². The lowest BCUT2D eigenvalue weighted by Crippen LogP contribution is -2.44. The number of amides is 1. The fourth-order valence-electron chi connectivity index (χ4n) is 1.66.